The van der Waals surface area contributed by atoms with E-state index in [1.54, 1.807) is 19.1 Å². The zero-order valence-electron chi connectivity index (χ0n) is 15.1. The maximum absolute atomic E-state index is 12.4. The summed E-state index contributed by atoms with van der Waals surface area (Å²) >= 11 is 1.34. The Morgan fingerprint density at radius 3 is 2.61 bits per heavy atom. The van der Waals surface area contributed by atoms with Gasteiger partial charge >= 0.3 is 0 Å². The van der Waals surface area contributed by atoms with Crippen molar-refractivity contribution in [3.05, 3.63) is 77.2 Å². The molecule has 3 heterocycles. The molecule has 6 nitrogen and oxygen atoms in total. The number of nitrogens with one attached hydrogen (secondary N) is 2. The number of imidazole rings is 1. The number of anilines is 1. The van der Waals surface area contributed by atoms with Crippen molar-refractivity contribution in [2.24, 2.45) is 0 Å². The Bertz CT molecular complexity index is 1080. The van der Waals surface area contributed by atoms with Crippen molar-refractivity contribution in [1.82, 2.24) is 14.7 Å². The van der Waals surface area contributed by atoms with Crippen LogP contribution in [-0.4, -0.2) is 27.2 Å². The highest BCUT2D eigenvalue weighted by atomic mass is 32.1. The van der Waals surface area contributed by atoms with Gasteiger partial charge in [0.15, 0.2) is 0 Å². The zero-order chi connectivity index (χ0) is 19.5. The van der Waals surface area contributed by atoms with Gasteiger partial charge in [-0.3, -0.25) is 9.59 Å². The van der Waals surface area contributed by atoms with E-state index in [4.69, 9.17) is 0 Å². The van der Waals surface area contributed by atoms with Crippen LogP contribution in [0, 0.1) is 0 Å². The molecule has 0 spiro atoms. The quantitative estimate of drug-likeness (QED) is 0.544. The summed E-state index contributed by atoms with van der Waals surface area (Å²) in [6.07, 6.45) is 3.91. The molecule has 1 atom stereocenters. The van der Waals surface area contributed by atoms with E-state index in [-0.39, 0.29) is 11.8 Å². The molecule has 1 aromatic carbocycles. The van der Waals surface area contributed by atoms with Crippen LogP contribution in [0.3, 0.4) is 0 Å². The highest BCUT2D eigenvalue weighted by molar-refractivity contribution is 7.12. The molecule has 28 heavy (non-hydrogen) atoms. The molecular formula is C21H18N4O2S. The van der Waals surface area contributed by atoms with Crippen molar-refractivity contribution in [2.75, 3.05) is 5.32 Å². The second-order valence-corrected chi connectivity index (χ2v) is 7.28. The van der Waals surface area contributed by atoms with Gasteiger partial charge in [-0.1, -0.05) is 24.3 Å². The summed E-state index contributed by atoms with van der Waals surface area (Å²) in [5.74, 6) is -0.523. The van der Waals surface area contributed by atoms with E-state index in [0.29, 0.717) is 10.6 Å². The molecule has 2 N–H and O–H groups in total. The number of hydrogen-bond donors (Lipinski definition) is 2. The van der Waals surface area contributed by atoms with Gasteiger partial charge in [0, 0.05) is 23.6 Å². The SMILES string of the molecule is C[C@H](NC(=O)c1cccs1)C(=O)Nc1ccc(-c2cn3ccccc3n2)cc1. The third kappa shape index (κ3) is 3.79. The standard InChI is InChI=1S/C21H18N4O2S/c1-14(22-21(27)18-5-4-12-28-18)20(26)23-16-9-7-15(8-10-16)17-13-25-11-3-2-6-19(25)24-17/h2-14H,1H3,(H,22,27)(H,23,26)/t14-/m0/s1. The highest BCUT2D eigenvalue weighted by Crippen LogP contribution is 2.21. The fourth-order valence-corrected chi connectivity index (χ4v) is 3.42. The maximum atomic E-state index is 12.4. The van der Waals surface area contributed by atoms with Gasteiger partial charge in [0.1, 0.15) is 11.7 Å². The van der Waals surface area contributed by atoms with Crippen LogP contribution in [-0.2, 0) is 4.79 Å². The lowest BCUT2D eigenvalue weighted by atomic mass is 10.1. The van der Waals surface area contributed by atoms with Gasteiger partial charge in [-0.25, -0.2) is 4.98 Å². The molecular weight excluding hydrogens is 372 g/mol. The molecule has 0 bridgehead atoms. The van der Waals surface area contributed by atoms with Crippen LogP contribution < -0.4 is 10.6 Å². The zero-order valence-corrected chi connectivity index (χ0v) is 15.9. The second-order valence-electron chi connectivity index (χ2n) is 6.33. The van der Waals surface area contributed by atoms with E-state index in [9.17, 15) is 9.59 Å². The van der Waals surface area contributed by atoms with Crippen LogP contribution in [0.4, 0.5) is 5.69 Å². The lowest BCUT2D eigenvalue weighted by molar-refractivity contribution is -0.117. The minimum absolute atomic E-state index is 0.250. The summed E-state index contributed by atoms with van der Waals surface area (Å²) in [5, 5.41) is 7.35. The van der Waals surface area contributed by atoms with Crippen LogP contribution in [0.25, 0.3) is 16.9 Å². The third-order valence-electron chi connectivity index (χ3n) is 4.30. The van der Waals surface area contributed by atoms with Gasteiger partial charge in [0.2, 0.25) is 5.91 Å². The Labute approximate surface area is 165 Å². The van der Waals surface area contributed by atoms with Crippen LogP contribution in [0.15, 0.2) is 72.4 Å². The fourth-order valence-electron chi connectivity index (χ4n) is 2.79. The predicted molar refractivity (Wildman–Crippen MR) is 111 cm³/mol. The topological polar surface area (TPSA) is 75.5 Å². The molecule has 4 rings (SSSR count). The number of thiophene rings is 1. The van der Waals surface area contributed by atoms with Crippen molar-refractivity contribution in [3.63, 3.8) is 0 Å². The number of nitrogens with zero attached hydrogens (tertiary/aromatic N) is 2. The molecule has 0 saturated carbocycles. The van der Waals surface area contributed by atoms with E-state index in [1.165, 1.54) is 11.3 Å². The van der Waals surface area contributed by atoms with E-state index in [2.05, 4.69) is 15.6 Å². The van der Waals surface area contributed by atoms with Crippen LogP contribution in [0.1, 0.15) is 16.6 Å². The van der Waals surface area contributed by atoms with E-state index in [1.807, 2.05) is 64.6 Å². The maximum Gasteiger partial charge on any atom is 0.261 e. The van der Waals surface area contributed by atoms with Gasteiger partial charge < -0.3 is 15.0 Å². The van der Waals surface area contributed by atoms with Crippen LogP contribution in [0.5, 0.6) is 0 Å². The van der Waals surface area contributed by atoms with E-state index in [0.717, 1.165) is 16.9 Å². The number of carbonyl (C=O) groups is 2. The second kappa shape index (κ2) is 7.66. The van der Waals surface area contributed by atoms with Gasteiger partial charge in [-0.15, -0.1) is 11.3 Å². The summed E-state index contributed by atoms with van der Waals surface area (Å²) in [5.41, 5.74) is 3.36. The molecule has 0 aliphatic heterocycles. The first-order valence-corrected chi connectivity index (χ1v) is 9.67. The number of rotatable bonds is 5. The van der Waals surface area contributed by atoms with Crippen molar-refractivity contribution >= 4 is 34.5 Å². The monoisotopic (exact) mass is 390 g/mol. The predicted octanol–water partition coefficient (Wildman–Crippen LogP) is 3.82. The lowest BCUT2D eigenvalue weighted by Crippen LogP contribution is -2.41. The van der Waals surface area contributed by atoms with Gasteiger partial charge in [-0.2, -0.15) is 0 Å². The number of carbonyl (C=O) groups excluding carboxylic acids is 2. The highest BCUT2D eigenvalue weighted by Gasteiger charge is 2.17. The van der Waals surface area contributed by atoms with Crippen molar-refractivity contribution in [1.29, 1.82) is 0 Å². The van der Waals surface area contributed by atoms with Gasteiger partial charge in [0.25, 0.3) is 5.91 Å². The first kappa shape index (κ1) is 17.9. The summed E-state index contributed by atoms with van der Waals surface area (Å²) in [4.78, 5) is 29.6. The normalized spacial score (nSPS) is 11.9. The summed E-state index contributed by atoms with van der Waals surface area (Å²) < 4.78 is 1.96. The number of amides is 2. The summed E-state index contributed by atoms with van der Waals surface area (Å²) in [6, 6.07) is 16.2. The first-order valence-electron chi connectivity index (χ1n) is 8.79. The number of fused-ring (bicyclic) bond motifs is 1. The van der Waals surface area contributed by atoms with Crippen molar-refractivity contribution in [3.8, 4) is 11.3 Å². The average Bonchev–Trinajstić information content (AvgIpc) is 3.38. The summed E-state index contributed by atoms with van der Waals surface area (Å²) in [7, 11) is 0. The van der Waals surface area contributed by atoms with Crippen LogP contribution >= 0.6 is 11.3 Å². The molecule has 7 heteroatoms. The Kier molecular flexibility index (Phi) is 4.90. The molecule has 0 fully saturated rings. The molecule has 0 saturated heterocycles. The smallest absolute Gasteiger partial charge is 0.261 e. The summed E-state index contributed by atoms with van der Waals surface area (Å²) in [6.45, 7) is 1.66. The first-order chi connectivity index (χ1) is 13.6. The molecule has 3 aromatic heterocycles. The van der Waals surface area contributed by atoms with E-state index < -0.39 is 6.04 Å². The third-order valence-corrected chi connectivity index (χ3v) is 5.17. The molecule has 0 radical (unpaired) electrons. The molecule has 4 aromatic rings. The largest absolute Gasteiger partial charge is 0.340 e. The van der Waals surface area contributed by atoms with Gasteiger partial charge in [-0.05, 0) is 42.6 Å². The number of aromatic nitrogens is 2. The van der Waals surface area contributed by atoms with Crippen molar-refractivity contribution < 1.29 is 9.59 Å². The van der Waals surface area contributed by atoms with Crippen molar-refractivity contribution in [2.45, 2.75) is 13.0 Å². The number of hydrogen-bond acceptors (Lipinski definition) is 4. The fraction of sp³-hybridized carbons (Fsp3) is 0.0952. The average molecular weight is 390 g/mol. The molecule has 2 amide bonds. The number of pyridine rings is 1. The van der Waals surface area contributed by atoms with E-state index >= 15 is 0 Å². The molecule has 0 unspecified atom stereocenters. The number of benzene rings is 1. The molecule has 0 aliphatic carbocycles. The Morgan fingerprint density at radius 2 is 1.89 bits per heavy atom. The van der Waals surface area contributed by atoms with Crippen LogP contribution in [0.2, 0.25) is 0 Å². The Morgan fingerprint density at radius 1 is 1.07 bits per heavy atom. The molecule has 140 valence electrons. The minimum Gasteiger partial charge on any atom is -0.340 e. The minimum atomic E-state index is -0.646. The Hall–Kier alpha value is -3.45. The molecule has 0 aliphatic rings. The van der Waals surface area contributed by atoms with Gasteiger partial charge in [0.05, 0.1) is 10.6 Å². The Balaban J connectivity index is 1.41. The lowest BCUT2D eigenvalue weighted by Gasteiger charge is -2.13.